The first kappa shape index (κ1) is 18.6. The maximum Gasteiger partial charge on any atom is 0.306 e. The van der Waals surface area contributed by atoms with E-state index in [4.69, 9.17) is 0 Å². The summed E-state index contributed by atoms with van der Waals surface area (Å²) in [6.45, 7) is 2.01. The molecule has 0 radical (unpaired) electrons. The van der Waals surface area contributed by atoms with Gasteiger partial charge in [0.1, 0.15) is 0 Å². The zero-order valence-electron chi connectivity index (χ0n) is 13.9. The third kappa shape index (κ3) is 4.87. The fraction of sp³-hybridized carbons (Fsp3) is 0.294. The fourth-order valence-electron chi connectivity index (χ4n) is 2.21. The predicted molar refractivity (Wildman–Crippen MR) is 94.9 cm³/mol. The SMILES string of the molecule is COC(=O)CC(C)C(=O)c1cc([N+](=O)[O-])c(NCc2ccccc2)s1. The second kappa shape index (κ2) is 8.39. The quantitative estimate of drug-likeness (QED) is 0.333. The van der Waals surface area contributed by atoms with Crippen molar-refractivity contribution in [3.63, 3.8) is 0 Å². The lowest BCUT2D eigenvalue weighted by atomic mass is 10.0. The molecule has 0 aliphatic rings. The van der Waals surface area contributed by atoms with Crippen molar-refractivity contribution in [1.29, 1.82) is 0 Å². The number of nitrogens with one attached hydrogen (secondary N) is 1. The number of nitro groups is 1. The van der Waals surface area contributed by atoms with E-state index in [1.54, 1.807) is 6.92 Å². The van der Waals surface area contributed by atoms with Gasteiger partial charge in [0.2, 0.25) is 0 Å². The van der Waals surface area contributed by atoms with Crippen LogP contribution < -0.4 is 5.32 Å². The number of thiophene rings is 1. The summed E-state index contributed by atoms with van der Waals surface area (Å²) in [7, 11) is 1.25. The van der Waals surface area contributed by atoms with Crippen LogP contribution in [0.1, 0.15) is 28.6 Å². The lowest BCUT2D eigenvalue weighted by molar-refractivity contribution is -0.383. The van der Waals surface area contributed by atoms with Gasteiger partial charge in [0.25, 0.3) is 0 Å². The topological polar surface area (TPSA) is 98.5 Å². The molecule has 0 aliphatic carbocycles. The monoisotopic (exact) mass is 362 g/mol. The Morgan fingerprint density at radius 2 is 2.00 bits per heavy atom. The molecule has 8 heteroatoms. The van der Waals surface area contributed by atoms with Gasteiger partial charge in [0, 0.05) is 18.5 Å². The molecule has 132 valence electrons. The number of rotatable bonds is 8. The second-order valence-corrected chi connectivity index (χ2v) is 6.52. The smallest absolute Gasteiger partial charge is 0.306 e. The third-order valence-corrected chi connectivity index (χ3v) is 4.69. The first-order chi connectivity index (χ1) is 11.9. The Morgan fingerprint density at radius 1 is 1.32 bits per heavy atom. The van der Waals surface area contributed by atoms with Crippen LogP contribution in [0.25, 0.3) is 0 Å². The van der Waals surface area contributed by atoms with E-state index in [9.17, 15) is 19.7 Å². The maximum absolute atomic E-state index is 12.4. The Kier molecular flexibility index (Phi) is 6.24. The number of ether oxygens (including phenoxy) is 1. The summed E-state index contributed by atoms with van der Waals surface area (Å²) < 4.78 is 4.55. The van der Waals surface area contributed by atoms with Crippen molar-refractivity contribution in [3.8, 4) is 0 Å². The average molecular weight is 362 g/mol. The first-order valence-corrected chi connectivity index (χ1v) is 8.41. The molecule has 0 amide bonds. The van der Waals surface area contributed by atoms with Crippen LogP contribution in [0.2, 0.25) is 0 Å². The molecule has 1 aromatic heterocycles. The van der Waals surface area contributed by atoms with Crippen molar-refractivity contribution in [2.24, 2.45) is 5.92 Å². The van der Waals surface area contributed by atoms with Gasteiger partial charge in [-0.25, -0.2) is 0 Å². The molecule has 1 unspecified atom stereocenters. The first-order valence-electron chi connectivity index (χ1n) is 7.59. The largest absolute Gasteiger partial charge is 0.469 e. The molecular formula is C17H18N2O5S. The van der Waals surface area contributed by atoms with Gasteiger partial charge < -0.3 is 10.1 Å². The van der Waals surface area contributed by atoms with E-state index in [1.165, 1.54) is 13.2 Å². The average Bonchev–Trinajstić information content (AvgIpc) is 3.04. The number of carbonyl (C=O) groups is 2. The van der Waals surface area contributed by atoms with Crippen LogP contribution in [0.4, 0.5) is 10.7 Å². The highest BCUT2D eigenvalue weighted by atomic mass is 32.1. The number of methoxy groups -OCH3 is 1. The van der Waals surface area contributed by atoms with E-state index in [0.29, 0.717) is 11.5 Å². The number of hydrogen-bond donors (Lipinski definition) is 1. The van der Waals surface area contributed by atoms with Gasteiger partial charge in [-0.3, -0.25) is 19.7 Å². The molecule has 7 nitrogen and oxygen atoms in total. The summed E-state index contributed by atoms with van der Waals surface area (Å²) in [5.74, 6) is -1.41. The van der Waals surface area contributed by atoms with Crippen LogP contribution in [0.15, 0.2) is 36.4 Å². The fourth-order valence-corrected chi connectivity index (χ4v) is 3.29. The Bertz CT molecular complexity index is 773. The predicted octanol–water partition coefficient (Wildman–Crippen LogP) is 3.65. The zero-order valence-corrected chi connectivity index (χ0v) is 14.7. The van der Waals surface area contributed by atoms with Crippen LogP contribution in [0, 0.1) is 16.0 Å². The summed E-state index contributed by atoms with van der Waals surface area (Å²) in [4.78, 5) is 34.7. The Hall–Kier alpha value is -2.74. The number of nitrogens with zero attached hydrogens (tertiary/aromatic N) is 1. The van der Waals surface area contributed by atoms with Crippen LogP contribution in [0.5, 0.6) is 0 Å². The van der Waals surface area contributed by atoms with E-state index in [0.717, 1.165) is 16.9 Å². The van der Waals surface area contributed by atoms with E-state index >= 15 is 0 Å². The van der Waals surface area contributed by atoms with Crippen molar-refractivity contribution < 1.29 is 19.2 Å². The minimum atomic E-state index is -0.604. The number of benzene rings is 1. The van der Waals surface area contributed by atoms with Gasteiger partial charge in [0.05, 0.1) is 23.3 Å². The summed E-state index contributed by atoms with van der Waals surface area (Å²) in [6, 6.07) is 10.7. The normalized spacial score (nSPS) is 11.6. The number of ketones is 1. The molecular weight excluding hydrogens is 344 g/mol. The van der Waals surface area contributed by atoms with Crippen molar-refractivity contribution in [2.75, 3.05) is 12.4 Å². The molecule has 0 spiro atoms. The second-order valence-electron chi connectivity index (χ2n) is 5.47. The van der Waals surface area contributed by atoms with Gasteiger partial charge in [-0.15, -0.1) is 11.3 Å². The Balaban J connectivity index is 2.16. The highest BCUT2D eigenvalue weighted by molar-refractivity contribution is 7.18. The molecule has 1 heterocycles. The molecule has 0 aliphatic heterocycles. The van der Waals surface area contributed by atoms with Crippen LogP contribution in [-0.4, -0.2) is 23.8 Å². The number of carbonyl (C=O) groups excluding carboxylic acids is 2. The molecule has 0 fully saturated rings. The maximum atomic E-state index is 12.4. The van der Waals surface area contributed by atoms with Gasteiger partial charge in [-0.2, -0.15) is 0 Å². The van der Waals surface area contributed by atoms with Gasteiger partial charge in [-0.05, 0) is 5.56 Å². The van der Waals surface area contributed by atoms with E-state index < -0.39 is 16.8 Å². The number of Topliss-reactive ketones (excluding diaryl/α,β-unsaturated/α-hetero) is 1. The van der Waals surface area contributed by atoms with Gasteiger partial charge >= 0.3 is 11.7 Å². The summed E-state index contributed by atoms with van der Waals surface area (Å²) >= 11 is 1.02. The van der Waals surface area contributed by atoms with Gasteiger partial charge in [0.15, 0.2) is 10.8 Å². The van der Waals surface area contributed by atoms with Crippen LogP contribution >= 0.6 is 11.3 Å². The molecule has 1 aromatic carbocycles. The van der Waals surface area contributed by atoms with E-state index in [2.05, 4.69) is 10.1 Å². The van der Waals surface area contributed by atoms with Crippen LogP contribution in [0.3, 0.4) is 0 Å². The standard InChI is InChI=1S/C17H18N2O5S/c1-11(8-15(20)24-2)16(21)14-9-13(19(22)23)17(25-14)18-10-12-6-4-3-5-7-12/h3-7,9,11,18H,8,10H2,1-2H3. The van der Waals surface area contributed by atoms with E-state index in [1.807, 2.05) is 30.3 Å². The zero-order chi connectivity index (χ0) is 18.4. The number of anilines is 1. The van der Waals surface area contributed by atoms with Crippen molar-refractivity contribution in [2.45, 2.75) is 19.9 Å². The molecule has 1 atom stereocenters. The molecule has 2 aromatic rings. The number of hydrogen-bond acceptors (Lipinski definition) is 7. The minimum absolute atomic E-state index is 0.0617. The molecule has 0 bridgehead atoms. The lowest BCUT2D eigenvalue weighted by Crippen LogP contribution is -2.15. The molecule has 0 saturated carbocycles. The summed E-state index contributed by atoms with van der Waals surface area (Å²) in [5.41, 5.74) is 0.826. The molecule has 25 heavy (non-hydrogen) atoms. The lowest BCUT2D eigenvalue weighted by Gasteiger charge is -2.06. The minimum Gasteiger partial charge on any atom is -0.469 e. The molecule has 1 N–H and O–H groups in total. The van der Waals surface area contributed by atoms with Crippen molar-refractivity contribution in [3.05, 3.63) is 57.0 Å². The Labute approximate surface area is 148 Å². The number of esters is 1. The summed E-state index contributed by atoms with van der Waals surface area (Å²) in [5, 5.41) is 14.6. The molecule has 0 saturated heterocycles. The highest BCUT2D eigenvalue weighted by Crippen LogP contribution is 2.36. The Morgan fingerprint density at radius 3 is 2.60 bits per heavy atom. The third-order valence-electron chi connectivity index (χ3n) is 3.60. The van der Waals surface area contributed by atoms with Crippen molar-refractivity contribution in [1.82, 2.24) is 0 Å². The molecule has 2 rings (SSSR count). The summed E-state index contributed by atoms with van der Waals surface area (Å²) in [6.07, 6.45) is -0.0617. The van der Waals surface area contributed by atoms with Gasteiger partial charge in [-0.1, -0.05) is 37.3 Å². The van der Waals surface area contributed by atoms with E-state index in [-0.39, 0.29) is 22.8 Å². The van der Waals surface area contributed by atoms with Crippen molar-refractivity contribution >= 4 is 33.8 Å². The highest BCUT2D eigenvalue weighted by Gasteiger charge is 2.26. The van der Waals surface area contributed by atoms with Crippen LogP contribution in [-0.2, 0) is 16.1 Å².